The maximum atomic E-state index is 3.57. The molecule has 1 atom stereocenters. The topological polar surface area (TPSA) is 0 Å². The van der Waals surface area contributed by atoms with Crippen LogP contribution in [0.2, 0.25) is 0 Å². The second-order valence-electron chi connectivity index (χ2n) is 17.1. The molecule has 3 aromatic rings. The van der Waals surface area contributed by atoms with Gasteiger partial charge in [-0.25, -0.2) is 5.57 Å². The molecule has 0 amide bonds. The van der Waals surface area contributed by atoms with Gasteiger partial charge in [-0.3, -0.25) is 6.08 Å². The predicted octanol–water partition coefficient (Wildman–Crippen LogP) is 5.98. The number of rotatable bonds is 2. The monoisotopic (exact) mass is 720 g/mol. The summed E-state index contributed by atoms with van der Waals surface area (Å²) in [5, 5.41) is 5.49. The molecule has 3 heteroatoms. The molecule has 0 nitrogen and oxygen atoms in total. The van der Waals surface area contributed by atoms with Gasteiger partial charge in [0.25, 0.3) is 0 Å². The Bertz CT molecular complexity index is 1440. The fourth-order valence-corrected chi connectivity index (χ4v) is 8.94. The summed E-state index contributed by atoms with van der Waals surface area (Å²) in [6.45, 7) is 22.5. The van der Waals surface area contributed by atoms with E-state index < -0.39 is 0 Å². The minimum absolute atomic E-state index is 0. The summed E-state index contributed by atoms with van der Waals surface area (Å²) in [6, 6.07) is 16.1. The molecule has 0 heterocycles. The molecule has 4 fully saturated rings. The zero-order chi connectivity index (χ0) is 31.3. The molecule has 0 saturated heterocycles. The van der Waals surface area contributed by atoms with E-state index in [0.29, 0.717) is 11.3 Å². The Balaban J connectivity index is 0.000000213. The van der Waals surface area contributed by atoms with Crippen LogP contribution >= 0.6 is 0 Å². The van der Waals surface area contributed by atoms with Crippen molar-refractivity contribution >= 4 is 24.8 Å². The van der Waals surface area contributed by atoms with Gasteiger partial charge >= 0.3 is 41.3 Å². The van der Waals surface area contributed by atoms with Gasteiger partial charge in [-0.05, 0) is 72.5 Å². The van der Waals surface area contributed by atoms with Crippen LogP contribution < -0.4 is 24.8 Å². The molecule has 8 rings (SSSR count). The van der Waals surface area contributed by atoms with Crippen LogP contribution in [0.1, 0.15) is 125 Å². The normalized spacial score (nSPS) is 26.6. The van der Waals surface area contributed by atoms with Crippen molar-refractivity contribution in [2.75, 3.05) is 0 Å². The summed E-state index contributed by atoms with van der Waals surface area (Å²) in [6.07, 6.45) is 16.7. The van der Waals surface area contributed by atoms with Gasteiger partial charge in [-0.2, -0.15) is 11.6 Å². The van der Waals surface area contributed by atoms with Crippen LogP contribution in [0.4, 0.5) is 0 Å². The van der Waals surface area contributed by atoms with Gasteiger partial charge in [-0.1, -0.05) is 103 Å². The van der Waals surface area contributed by atoms with E-state index >= 15 is 0 Å². The summed E-state index contributed by atoms with van der Waals surface area (Å²) < 4.78 is 1.51. The number of allylic oxidation sites excluding steroid dienone is 4. The Kier molecular flexibility index (Phi) is 12.6. The fourth-order valence-electron chi connectivity index (χ4n) is 8.94. The van der Waals surface area contributed by atoms with E-state index in [0.717, 1.165) is 17.8 Å². The van der Waals surface area contributed by atoms with Crippen molar-refractivity contribution in [2.45, 2.75) is 125 Å². The minimum Gasteiger partial charge on any atom is -1.00 e. The maximum Gasteiger partial charge on any atom is -1.00 e. The minimum atomic E-state index is 0. The van der Waals surface area contributed by atoms with Crippen molar-refractivity contribution in [1.82, 2.24) is 0 Å². The van der Waals surface area contributed by atoms with Crippen LogP contribution in [0, 0.1) is 35.2 Å². The van der Waals surface area contributed by atoms with Crippen LogP contribution in [-0.4, -0.2) is 3.21 Å². The van der Waals surface area contributed by atoms with E-state index in [4.69, 9.17) is 0 Å². The first-order valence-electron chi connectivity index (χ1n) is 17.0. The van der Waals surface area contributed by atoms with Crippen molar-refractivity contribution in [3.05, 3.63) is 76.9 Å². The van der Waals surface area contributed by atoms with Crippen molar-refractivity contribution in [3.63, 3.8) is 0 Å². The molecule has 5 aliphatic carbocycles. The molecule has 4 saturated carbocycles. The van der Waals surface area contributed by atoms with E-state index in [1.165, 1.54) is 47.9 Å². The number of benzene rings is 2. The van der Waals surface area contributed by atoms with Crippen LogP contribution in [0.25, 0.3) is 21.5 Å². The number of halogens is 2. The summed E-state index contributed by atoms with van der Waals surface area (Å²) in [7, 11) is 0. The maximum absolute atomic E-state index is 3.57. The van der Waals surface area contributed by atoms with Crippen LogP contribution in [-0.2, 0) is 35.1 Å². The first-order valence-corrected chi connectivity index (χ1v) is 18.2. The molecule has 0 aliphatic heterocycles. The van der Waals surface area contributed by atoms with E-state index in [1.54, 1.807) is 68.3 Å². The Morgan fingerprint density at radius 2 is 1.20 bits per heavy atom. The smallest absolute Gasteiger partial charge is 1.00 e. The molecule has 1 unspecified atom stereocenters. The molecule has 3 aromatic carbocycles. The van der Waals surface area contributed by atoms with Crippen molar-refractivity contribution < 1.29 is 49.0 Å². The van der Waals surface area contributed by atoms with Crippen LogP contribution in [0.15, 0.2) is 59.7 Å². The molecule has 4 bridgehead atoms. The van der Waals surface area contributed by atoms with E-state index in [9.17, 15) is 0 Å². The van der Waals surface area contributed by atoms with Crippen LogP contribution in [0.3, 0.4) is 0 Å². The molecule has 5 aliphatic rings. The molecule has 0 N–H and O–H groups in total. The molecule has 244 valence electrons. The molecule has 0 aromatic heterocycles. The quantitative estimate of drug-likeness (QED) is 0.286. The molecule has 45 heavy (non-hydrogen) atoms. The van der Waals surface area contributed by atoms with Gasteiger partial charge in [0.2, 0.25) is 0 Å². The van der Waals surface area contributed by atoms with Crippen LogP contribution in [0.5, 0.6) is 0 Å². The zero-order valence-electron chi connectivity index (χ0n) is 29.6. The zero-order valence-corrected chi connectivity index (χ0v) is 33.6. The summed E-state index contributed by atoms with van der Waals surface area (Å²) in [5.41, 5.74) is 7.00. The van der Waals surface area contributed by atoms with Gasteiger partial charge in [0.15, 0.2) is 0 Å². The average molecular weight is 723 g/mol. The molecular formula is C42H56Cl2Zr-2. The van der Waals surface area contributed by atoms with Gasteiger partial charge in [0.05, 0.1) is 0 Å². The second kappa shape index (κ2) is 14.7. The third-order valence-electron chi connectivity index (χ3n) is 10.5. The summed E-state index contributed by atoms with van der Waals surface area (Å²) >= 11 is 1.55. The van der Waals surface area contributed by atoms with Gasteiger partial charge in [0, 0.05) is 0 Å². The number of hydrogen-bond acceptors (Lipinski definition) is 0. The SMILES string of the molecule is CC(C)(C)c1ccc2[cH-]c3ccc(C(C)(C)C)cc3c2c1.CC1=[C-]C(C)C=C1CC12CC3CC(CC(C3)C1)C2.C[C](C)=[Zr+2].[Cl-].[Cl-]. The summed E-state index contributed by atoms with van der Waals surface area (Å²) in [4.78, 5) is 0. The Morgan fingerprint density at radius 3 is 1.53 bits per heavy atom. The standard InChI is InChI=1S/C21H25.C18H25.C3H6.2ClH.Zr/c1-20(2,3)16-9-7-14-11-15-8-10-17(21(4,5)6)13-19(15)18(14)12-16;1-12-3-13(2)17(4-12)11-18-8-14-5-15(9-18)7-16(6-14)10-18;1-3-2;;;/h7-13H,1-6H3;4,12,14-16H,5-11H2,1-2H3;1-2H3;2*1H;/q2*-1;;;;+2/p-2. The molecular weight excluding hydrogens is 667 g/mol. The van der Waals surface area contributed by atoms with E-state index in [1.807, 2.05) is 0 Å². The second-order valence-corrected chi connectivity index (χ2v) is 19.6. The fraction of sp³-hybridized carbons (Fsp3) is 0.571. The molecule has 0 radical (unpaired) electrons. The summed E-state index contributed by atoms with van der Waals surface area (Å²) in [5.74, 6) is 3.82. The Morgan fingerprint density at radius 1 is 0.800 bits per heavy atom. The van der Waals surface area contributed by atoms with Crippen molar-refractivity contribution in [2.24, 2.45) is 29.1 Å². The first-order chi connectivity index (χ1) is 20.0. The van der Waals surface area contributed by atoms with Crippen molar-refractivity contribution in [1.29, 1.82) is 0 Å². The third-order valence-corrected chi connectivity index (χ3v) is 10.5. The average Bonchev–Trinajstić information content (AvgIpc) is 3.39. The Hall–Kier alpha value is -0.877. The van der Waals surface area contributed by atoms with Crippen molar-refractivity contribution in [3.8, 4) is 0 Å². The van der Waals surface area contributed by atoms with E-state index in [2.05, 4.69) is 124 Å². The first kappa shape index (κ1) is 38.6. The molecule has 0 spiro atoms. The third kappa shape index (κ3) is 9.18. The Labute approximate surface area is 302 Å². The van der Waals surface area contributed by atoms with Gasteiger partial charge in [0.1, 0.15) is 0 Å². The van der Waals surface area contributed by atoms with Gasteiger partial charge < -0.3 is 24.8 Å². The number of fused-ring (bicyclic) bond motifs is 3. The largest absolute Gasteiger partial charge is 1.00 e. The van der Waals surface area contributed by atoms with Gasteiger partial charge in [-0.15, -0.1) is 39.7 Å². The van der Waals surface area contributed by atoms with E-state index in [-0.39, 0.29) is 35.6 Å². The predicted molar refractivity (Wildman–Crippen MR) is 186 cm³/mol. The number of hydrogen-bond donors (Lipinski definition) is 0.